The second-order valence-corrected chi connectivity index (χ2v) is 10.7. The molecule has 8 nitrogen and oxygen atoms in total. The molecule has 1 amide bonds. The molecule has 0 radical (unpaired) electrons. The average molecular weight is 554 g/mol. The van der Waals surface area contributed by atoms with Crippen LogP contribution in [0.2, 0.25) is 0 Å². The van der Waals surface area contributed by atoms with Crippen molar-refractivity contribution in [3.8, 4) is 17.2 Å². The van der Waals surface area contributed by atoms with E-state index in [1.54, 1.807) is 11.7 Å². The van der Waals surface area contributed by atoms with Crippen LogP contribution in [-0.2, 0) is 4.79 Å². The average Bonchev–Trinajstić information content (AvgIpc) is 3.53. The minimum Gasteiger partial charge on any atom is -0.497 e. The van der Waals surface area contributed by atoms with Gasteiger partial charge in [-0.05, 0) is 73.9 Å². The summed E-state index contributed by atoms with van der Waals surface area (Å²) < 4.78 is 18.4. The number of rotatable bonds is 5. The molecule has 0 aliphatic carbocycles. The van der Waals surface area contributed by atoms with Crippen molar-refractivity contribution < 1.29 is 19.0 Å². The highest BCUT2D eigenvalue weighted by atomic mass is 32.1. The third-order valence-corrected chi connectivity index (χ3v) is 8.01. The van der Waals surface area contributed by atoms with Crippen LogP contribution in [-0.4, -0.2) is 24.4 Å². The molecule has 0 bridgehead atoms. The van der Waals surface area contributed by atoms with Crippen LogP contribution < -0.4 is 34.4 Å². The molecule has 0 saturated heterocycles. The van der Waals surface area contributed by atoms with Gasteiger partial charge in [0.25, 0.3) is 11.5 Å². The van der Waals surface area contributed by atoms with E-state index in [2.05, 4.69) is 5.32 Å². The van der Waals surface area contributed by atoms with E-state index in [4.69, 9.17) is 19.2 Å². The summed E-state index contributed by atoms with van der Waals surface area (Å²) in [7, 11) is 1.60. The van der Waals surface area contributed by atoms with Crippen molar-refractivity contribution >= 4 is 29.0 Å². The first-order chi connectivity index (χ1) is 19.3. The molecule has 0 unspecified atom stereocenters. The largest absolute Gasteiger partial charge is 0.497 e. The highest BCUT2D eigenvalue weighted by molar-refractivity contribution is 7.07. The van der Waals surface area contributed by atoms with Gasteiger partial charge in [-0.2, -0.15) is 0 Å². The smallest absolute Gasteiger partial charge is 0.271 e. The Kier molecular flexibility index (Phi) is 6.51. The number of hydrogen-bond donors (Lipinski definition) is 1. The summed E-state index contributed by atoms with van der Waals surface area (Å²) in [5.41, 5.74) is 5.09. The number of aromatic nitrogens is 1. The van der Waals surface area contributed by atoms with Crippen molar-refractivity contribution in [2.24, 2.45) is 4.99 Å². The van der Waals surface area contributed by atoms with Gasteiger partial charge in [-0.25, -0.2) is 4.99 Å². The number of fused-ring (bicyclic) bond motifs is 2. The lowest BCUT2D eigenvalue weighted by atomic mass is 9.95. The van der Waals surface area contributed by atoms with E-state index in [1.165, 1.54) is 11.3 Å². The summed E-state index contributed by atoms with van der Waals surface area (Å²) >= 11 is 1.29. The molecule has 2 aliphatic rings. The zero-order valence-electron chi connectivity index (χ0n) is 22.5. The molecule has 1 atom stereocenters. The SMILES string of the molecule is COc1ccc([C@H]2C(C(=O)Nc3ccc(C)cc3C)=C(C)N=c3s/c(=C/c4ccc5c(c4)OCO5)c(=O)n32)cc1. The summed E-state index contributed by atoms with van der Waals surface area (Å²) in [4.78, 5) is 33.0. The molecule has 2 aliphatic heterocycles. The maximum Gasteiger partial charge on any atom is 0.271 e. The van der Waals surface area contributed by atoms with Gasteiger partial charge in [-0.1, -0.05) is 47.2 Å². The van der Waals surface area contributed by atoms with Gasteiger partial charge in [0, 0.05) is 5.69 Å². The quantitative estimate of drug-likeness (QED) is 0.400. The minimum absolute atomic E-state index is 0.176. The van der Waals surface area contributed by atoms with Gasteiger partial charge in [0.1, 0.15) is 5.75 Å². The van der Waals surface area contributed by atoms with Crippen LogP contribution >= 0.6 is 11.3 Å². The van der Waals surface area contributed by atoms with Gasteiger partial charge in [0.2, 0.25) is 6.79 Å². The van der Waals surface area contributed by atoms with Gasteiger partial charge < -0.3 is 19.5 Å². The van der Waals surface area contributed by atoms with E-state index >= 15 is 0 Å². The number of aryl methyl sites for hydroxylation is 2. The van der Waals surface area contributed by atoms with Gasteiger partial charge in [0.05, 0.1) is 29.0 Å². The van der Waals surface area contributed by atoms with E-state index in [1.807, 2.05) is 87.5 Å². The fraction of sp³-hybridized carbons (Fsp3) is 0.194. The van der Waals surface area contributed by atoms with E-state index in [9.17, 15) is 9.59 Å². The highest BCUT2D eigenvalue weighted by Crippen LogP contribution is 2.34. The first kappa shape index (κ1) is 25.6. The summed E-state index contributed by atoms with van der Waals surface area (Å²) in [6, 6.07) is 18.1. The number of thiazole rings is 1. The van der Waals surface area contributed by atoms with E-state index in [-0.39, 0.29) is 18.3 Å². The predicted octanol–water partition coefficient (Wildman–Crippen LogP) is 4.23. The highest BCUT2D eigenvalue weighted by Gasteiger charge is 2.32. The van der Waals surface area contributed by atoms with Gasteiger partial charge >= 0.3 is 0 Å². The van der Waals surface area contributed by atoms with Crippen LogP contribution in [0, 0.1) is 13.8 Å². The second-order valence-electron chi connectivity index (χ2n) is 9.74. The molecule has 6 rings (SSSR count). The van der Waals surface area contributed by atoms with Crippen LogP contribution in [0.5, 0.6) is 17.2 Å². The van der Waals surface area contributed by atoms with Gasteiger partial charge in [-0.3, -0.25) is 14.2 Å². The van der Waals surface area contributed by atoms with Crippen LogP contribution in [0.15, 0.2) is 81.7 Å². The number of amides is 1. The van der Waals surface area contributed by atoms with Crippen molar-refractivity contribution in [1.82, 2.24) is 4.57 Å². The predicted molar refractivity (Wildman–Crippen MR) is 154 cm³/mol. The Hall–Kier alpha value is -4.63. The molecule has 0 saturated carbocycles. The first-order valence-corrected chi connectivity index (χ1v) is 13.6. The Labute approximate surface area is 234 Å². The summed E-state index contributed by atoms with van der Waals surface area (Å²) in [6.45, 7) is 5.95. The summed E-state index contributed by atoms with van der Waals surface area (Å²) in [5.74, 6) is 1.69. The monoisotopic (exact) mass is 553 g/mol. The van der Waals surface area contributed by atoms with Crippen LogP contribution in [0.25, 0.3) is 6.08 Å². The van der Waals surface area contributed by atoms with Gasteiger partial charge in [-0.15, -0.1) is 0 Å². The molecular weight excluding hydrogens is 526 g/mol. The van der Waals surface area contributed by atoms with Crippen LogP contribution in [0.4, 0.5) is 5.69 Å². The first-order valence-electron chi connectivity index (χ1n) is 12.8. The Balaban J connectivity index is 1.48. The molecule has 3 heterocycles. The maximum atomic E-state index is 13.9. The summed E-state index contributed by atoms with van der Waals surface area (Å²) in [5, 5.41) is 3.05. The molecule has 3 aromatic carbocycles. The lowest BCUT2D eigenvalue weighted by Crippen LogP contribution is -2.40. The van der Waals surface area contributed by atoms with E-state index in [0.717, 1.165) is 22.3 Å². The molecule has 9 heteroatoms. The van der Waals surface area contributed by atoms with Gasteiger partial charge in [0.15, 0.2) is 16.3 Å². The van der Waals surface area contributed by atoms with Crippen LogP contribution in [0.3, 0.4) is 0 Å². The molecule has 202 valence electrons. The second kappa shape index (κ2) is 10.2. The van der Waals surface area contributed by atoms with Crippen molar-refractivity contribution in [2.75, 3.05) is 19.2 Å². The lowest BCUT2D eigenvalue weighted by molar-refractivity contribution is -0.113. The van der Waals surface area contributed by atoms with Crippen molar-refractivity contribution in [3.05, 3.63) is 114 Å². The van der Waals surface area contributed by atoms with Crippen molar-refractivity contribution in [2.45, 2.75) is 26.8 Å². The number of methoxy groups -OCH3 is 1. The standard InChI is InChI=1S/C31H27N3O5S/c1-17-5-11-23(18(2)13-17)33-29(35)27-19(3)32-31-34(28(27)21-7-9-22(37-4)10-8-21)30(36)26(40-31)15-20-6-12-24-25(14-20)39-16-38-24/h5-15,28H,16H2,1-4H3,(H,33,35)/b26-15+/t28-/m0/s1. The number of nitrogens with zero attached hydrogens (tertiary/aromatic N) is 2. The number of anilines is 1. The third kappa shape index (κ3) is 4.58. The zero-order valence-corrected chi connectivity index (χ0v) is 23.3. The maximum absolute atomic E-state index is 13.9. The third-order valence-electron chi connectivity index (χ3n) is 7.02. The number of carbonyl (C=O) groups excluding carboxylic acids is 1. The molecule has 0 fully saturated rings. The number of benzene rings is 3. The number of ether oxygens (including phenoxy) is 3. The molecule has 1 N–H and O–H groups in total. The molecule has 0 spiro atoms. The minimum atomic E-state index is -0.674. The lowest BCUT2D eigenvalue weighted by Gasteiger charge is -2.25. The zero-order chi connectivity index (χ0) is 28.0. The molecule has 1 aromatic heterocycles. The fourth-order valence-corrected chi connectivity index (χ4v) is 6.06. The topological polar surface area (TPSA) is 91.2 Å². The molecule has 4 aromatic rings. The Morgan fingerprint density at radius 1 is 1.05 bits per heavy atom. The van der Waals surface area contributed by atoms with E-state index < -0.39 is 6.04 Å². The molecule has 40 heavy (non-hydrogen) atoms. The number of nitrogens with one attached hydrogen (secondary N) is 1. The fourth-order valence-electron chi connectivity index (χ4n) is 5.01. The molecular formula is C31H27N3O5S. The Morgan fingerprint density at radius 2 is 1.82 bits per heavy atom. The number of carbonyl (C=O) groups is 1. The van der Waals surface area contributed by atoms with Crippen molar-refractivity contribution in [3.63, 3.8) is 0 Å². The Morgan fingerprint density at radius 3 is 2.58 bits per heavy atom. The summed E-state index contributed by atoms with van der Waals surface area (Å²) in [6.07, 6.45) is 1.81. The van der Waals surface area contributed by atoms with E-state index in [0.29, 0.717) is 43.5 Å². The Bertz CT molecular complexity index is 1870. The number of hydrogen-bond acceptors (Lipinski definition) is 7. The normalized spacial score (nSPS) is 16.0. The number of allylic oxidation sites excluding steroid dienone is 1. The van der Waals surface area contributed by atoms with Crippen molar-refractivity contribution in [1.29, 1.82) is 0 Å². The van der Waals surface area contributed by atoms with Crippen LogP contribution in [0.1, 0.15) is 35.2 Å².